The van der Waals surface area contributed by atoms with Gasteiger partial charge in [-0.25, -0.2) is 0 Å². The van der Waals surface area contributed by atoms with Gasteiger partial charge in [-0.05, 0) is 31.4 Å². The van der Waals surface area contributed by atoms with Crippen molar-refractivity contribution in [3.63, 3.8) is 0 Å². The highest BCUT2D eigenvalue weighted by atomic mass is 32.2. The lowest BCUT2D eigenvalue weighted by atomic mass is 9.92. The molecule has 1 unspecified atom stereocenters. The van der Waals surface area contributed by atoms with Gasteiger partial charge in [-0.15, -0.1) is 11.8 Å². The fourth-order valence-corrected chi connectivity index (χ4v) is 3.64. The number of rotatable bonds is 5. The molecule has 1 N–H and O–H groups in total. The number of nitrogens with one attached hydrogen (secondary N) is 1. The second-order valence-corrected chi connectivity index (χ2v) is 7.40. The first-order chi connectivity index (χ1) is 11.7. The standard InChI is InChI=1S/C18H24N2O3S/c21-17(13-24-16-7-2-1-3-8-16)20-9-10-23-12-14(11-20)18(22)19-15-5-4-6-15/h1-3,7-8,14-15H,4-6,9-13H2,(H,19,22). The Morgan fingerprint density at radius 3 is 2.75 bits per heavy atom. The van der Waals surface area contributed by atoms with E-state index in [1.54, 1.807) is 4.90 Å². The summed E-state index contributed by atoms with van der Waals surface area (Å²) in [5, 5.41) is 3.07. The van der Waals surface area contributed by atoms with Crippen LogP contribution in [0.4, 0.5) is 0 Å². The maximum Gasteiger partial charge on any atom is 0.233 e. The van der Waals surface area contributed by atoms with Gasteiger partial charge >= 0.3 is 0 Å². The molecular formula is C18H24N2O3S. The van der Waals surface area contributed by atoms with Crippen LogP contribution in [0.1, 0.15) is 19.3 Å². The zero-order chi connectivity index (χ0) is 16.8. The van der Waals surface area contributed by atoms with Crippen LogP contribution in [0.3, 0.4) is 0 Å². The molecule has 0 aromatic heterocycles. The number of carbonyl (C=O) groups excluding carboxylic acids is 2. The molecule has 1 aliphatic heterocycles. The van der Waals surface area contributed by atoms with Gasteiger partial charge in [0.2, 0.25) is 11.8 Å². The lowest BCUT2D eigenvalue weighted by Gasteiger charge is -2.29. The molecule has 0 bridgehead atoms. The van der Waals surface area contributed by atoms with Gasteiger partial charge in [0.15, 0.2) is 0 Å². The van der Waals surface area contributed by atoms with Crippen LogP contribution in [0, 0.1) is 5.92 Å². The van der Waals surface area contributed by atoms with Crippen LogP contribution in [-0.4, -0.2) is 54.8 Å². The summed E-state index contributed by atoms with van der Waals surface area (Å²) in [6, 6.07) is 10.2. The van der Waals surface area contributed by atoms with E-state index in [4.69, 9.17) is 4.74 Å². The number of hydrogen-bond acceptors (Lipinski definition) is 4. The highest BCUT2D eigenvalue weighted by Crippen LogP contribution is 2.20. The Hall–Kier alpha value is -1.53. The average molecular weight is 348 g/mol. The second kappa shape index (κ2) is 8.53. The molecule has 1 saturated carbocycles. The van der Waals surface area contributed by atoms with Gasteiger partial charge < -0.3 is 15.0 Å². The maximum absolute atomic E-state index is 12.5. The van der Waals surface area contributed by atoms with Crippen LogP contribution in [0.25, 0.3) is 0 Å². The van der Waals surface area contributed by atoms with Gasteiger partial charge in [-0.2, -0.15) is 0 Å². The summed E-state index contributed by atoms with van der Waals surface area (Å²) in [6.07, 6.45) is 3.32. The third-order valence-corrected chi connectivity index (χ3v) is 5.54. The molecule has 6 heteroatoms. The third-order valence-electron chi connectivity index (χ3n) is 4.55. The normalized spacial score (nSPS) is 21.7. The summed E-state index contributed by atoms with van der Waals surface area (Å²) in [4.78, 5) is 27.7. The van der Waals surface area contributed by atoms with Crippen molar-refractivity contribution in [2.24, 2.45) is 5.92 Å². The first-order valence-corrected chi connectivity index (χ1v) is 9.54. The minimum Gasteiger partial charge on any atom is -0.379 e. The summed E-state index contributed by atoms with van der Waals surface area (Å²) in [7, 11) is 0. The van der Waals surface area contributed by atoms with E-state index in [1.807, 2.05) is 30.3 Å². The molecule has 2 aliphatic rings. The Morgan fingerprint density at radius 2 is 2.04 bits per heavy atom. The van der Waals surface area contributed by atoms with E-state index < -0.39 is 0 Å². The van der Waals surface area contributed by atoms with Crippen molar-refractivity contribution < 1.29 is 14.3 Å². The van der Waals surface area contributed by atoms with E-state index in [1.165, 1.54) is 18.2 Å². The monoisotopic (exact) mass is 348 g/mol. The molecule has 3 rings (SSSR count). The van der Waals surface area contributed by atoms with Crippen LogP contribution >= 0.6 is 11.8 Å². The number of thioether (sulfide) groups is 1. The van der Waals surface area contributed by atoms with Crippen molar-refractivity contribution in [3.8, 4) is 0 Å². The second-order valence-electron chi connectivity index (χ2n) is 6.35. The minimum absolute atomic E-state index is 0.0233. The topological polar surface area (TPSA) is 58.6 Å². The highest BCUT2D eigenvalue weighted by Gasteiger charge is 2.29. The Morgan fingerprint density at radius 1 is 1.25 bits per heavy atom. The molecule has 2 amide bonds. The fraction of sp³-hybridized carbons (Fsp3) is 0.556. The smallest absolute Gasteiger partial charge is 0.233 e. The highest BCUT2D eigenvalue weighted by molar-refractivity contribution is 8.00. The number of benzene rings is 1. The molecule has 1 atom stereocenters. The Balaban J connectivity index is 1.51. The lowest BCUT2D eigenvalue weighted by molar-refractivity contribution is -0.131. The SMILES string of the molecule is O=C(NC1CCC1)C1COCCN(C(=O)CSc2ccccc2)C1. The Labute approximate surface area is 147 Å². The van der Waals surface area contributed by atoms with Crippen LogP contribution in [0.2, 0.25) is 0 Å². The number of hydrogen-bond donors (Lipinski definition) is 1. The van der Waals surface area contributed by atoms with Crippen LogP contribution in [0.5, 0.6) is 0 Å². The number of nitrogens with zero attached hydrogens (tertiary/aromatic N) is 1. The number of amides is 2. The molecule has 130 valence electrons. The van der Waals surface area contributed by atoms with Crippen LogP contribution in [0.15, 0.2) is 35.2 Å². The summed E-state index contributed by atoms with van der Waals surface area (Å²) in [5.41, 5.74) is 0. The van der Waals surface area contributed by atoms with E-state index in [2.05, 4.69) is 5.32 Å². The molecule has 1 aromatic carbocycles. The summed E-state index contributed by atoms with van der Waals surface area (Å²) >= 11 is 1.53. The lowest BCUT2D eigenvalue weighted by Crippen LogP contribution is -2.47. The van der Waals surface area contributed by atoms with Gasteiger partial charge in [0.05, 0.1) is 24.9 Å². The van der Waals surface area contributed by atoms with E-state index in [0.717, 1.165) is 17.7 Å². The van der Waals surface area contributed by atoms with Gasteiger partial charge in [0.25, 0.3) is 0 Å². The Kier molecular flexibility index (Phi) is 6.15. The molecule has 24 heavy (non-hydrogen) atoms. The third kappa shape index (κ3) is 4.74. The summed E-state index contributed by atoms with van der Waals surface area (Å²) in [6.45, 7) is 1.90. The zero-order valence-corrected chi connectivity index (χ0v) is 14.6. The fourth-order valence-electron chi connectivity index (χ4n) is 2.82. The first-order valence-electron chi connectivity index (χ1n) is 8.56. The molecule has 1 saturated heterocycles. The van der Waals surface area contributed by atoms with Crippen molar-refractivity contribution in [2.75, 3.05) is 32.1 Å². The minimum atomic E-state index is -0.265. The van der Waals surface area contributed by atoms with Gasteiger partial charge in [0, 0.05) is 24.0 Å². The maximum atomic E-state index is 12.5. The summed E-state index contributed by atoms with van der Waals surface area (Å²) < 4.78 is 5.54. The molecule has 5 nitrogen and oxygen atoms in total. The van der Waals surface area contributed by atoms with Crippen LogP contribution < -0.4 is 5.32 Å². The van der Waals surface area contributed by atoms with E-state index in [9.17, 15) is 9.59 Å². The molecule has 1 heterocycles. The molecule has 1 aromatic rings. The van der Waals surface area contributed by atoms with Crippen molar-refractivity contribution in [2.45, 2.75) is 30.2 Å². The van der Waals surface area contributed by atoms with E-state index >= 15 is 0 Å². The number of ether oxygens (including phenoxy) is 1. The van der Waals surface area contributed by atoms with Crippen molar-refractivity contribution in [3.05, 3.63) is 30.3 Å². The van der Waals surface area contributed by atoms with Crippen molar-refractivity contribution in [1.82, 2.24) is 10.2 Å². The summed E-state index contributed by atoms with van der Waals surface area (Å²) in [5.74, 6) is 0.214. The predicted octanol–water partition coefficient (Wildman–Crippen LogP) is 1.92. The van der Waals surface area contributed by atoms with Gasteiger partial charge in [0.1, 0.15) is 0 Å². The van der Waals surface area contributed by atoms with E-state index in [-0.39, 0.29) is 17.7 Å². The van der Waals surface area contributed by atoms with Crippen LogP contribution in [-0.2, 0) is 14.3 Å². The molecule has 0 radical (unpaired) electrons. The molecule has 0 spiro atoms. The quantitative estimate of drug-likeness (QED) is 0.826. The predicted molar refractivity (Wildman–Crippen MR) is 93.8 cm³/mol. The zero-order valence-electron chi connectivity index (χ0n) is 13.8. The molecule has 2 fully saturated rings. The van der Waals surface area contributed by atoms with Gasteiger partial charge in [-0.3, -0.25) is 9.59 Å². The molecular weight excluding hydrogens is 324 g/mol. The van der Waals surface area contributed by atoms with Crippen molar-refractivity contribution >= 4 is 23.6 Å². The molecule has 1 aliphatic carbocycles. The average Bonchev–Trinajstić information content (AvgIpc) is 2.83. The first kappa shape index (κ1) is 17.3. The Bertz CT molecular complexity index is 563. The van der Waals surface area contributed by atoms with E-state index in [0.29, 0.717) is 38.1 Å². The largest absolute Gasteiger partial charge is 0.379 e. The number of carbonyl (C=O) groups is 2. The van der Waals surface area contributed by atoms with Crippen molar-refractivity contribution in [1.29, 1.82) is 0 Å². The van der Waals surface area contributed by atoms with Gasteiger partial charge in [-0.1, -0.05) is 18.2 Å².